The van der Waals surface area contributed by atoms with Crippen molar-refractivity contribution >= 4 is 5.97 Å². The van der Waals surface area contributed by atoms with E-state index in [0.717, 1.165) is 0 Å². The van der Waals surface area contributed by atoms with Crippen LogP contribution >= 0.6 is 0 Å². The lowest BCUT2D eigenvalue weighted by atomic mass is 10.1. The molecule has 0 amide bonds. The van der Waals surface area contributed by atoms with Gasteiger partial charge in [0.15, 0.2) is 11.5 Å². The quantitative estimate of drug-likeness (QED) is 0.779. The Hall–Kier alpha value is -1.91. The molecular formula is C10H12O5. The minimum atomic E-state index is -0.988. The second kappa shape index (κ2) is 4.54. The summed E-state index contributed by atoms with van der Waals surface area (Å²) in [6, 6.07) is 2.78. The first-order valence-corrected chi connectivity index (χ1v) is 4.24. The standard InChI is InChI=1S/C10H12O5/c1-14-8-5-9(15-2)7(11)3-6(8)4-10(12)13/h3,5,11H,4H2,1-2H3,(H,12,13). The van der Waals surface area contributed by atoms with E-state index in [4.69, 9.17) is 14.6 Å². The first-order chi connectivity index (χ1) is 7.08. The number of carbonyl (C=O) groups is 1. The summed E-state index contributed by atoms with van der Waals surface area (Å²) in [4.78, 5) is 10.5. The van der Waals surface area contributed by atoms with E-state index in [0.29, 0.717) is 11.3 Å². The third-order valence-corrected chi connectivity index (χ3v) is 1.92. The number of phenols is 1. The van der Waals surface area contributed by atoms with Crippen molar-refractivity contribution in [3.8, 4) is 17.2 Å². The van der Waals surface area contributed by atoms with Gasteiger partial charge in [0.05, 0.1) is 20.6 Å². The van der Waals surface area contributed by atoms with E-state index >= 15 is 0 Å². The average molecular weight is 212 g/mol. The highest BCUT2D eigenvalue weighted by Crippen LogP contribution is 2.33. The zero-order valence-corrected chi connectivity index (χ0v) is 8.48. The SMILES string of the molecule is COc1cc(OC)c(CC(=O)O)cc1O. The van der Waals surface area contributed by atoms with E-state index in [1.165, 1.54) is 26.4 Å². The Kier molecular flexibility index (Phi) is 3.38. The van der Waals surface area contributed by atoms with Gasteiger partial charge in [0, 0.05) is 11.6 Å². The maximum absolute atomic E-state index is 10.5. The predicted molar refractivity (Wildman–Crippen MR) is 52.6 cm³/mol. The van der Waals surface area contributed by atoms with E-state index < -0.39 is 5.97 Å². The third-order valence-electron chi connectivity index (χ3n) is 1.92. The first kappa shape index (κ1) is 11.2. The molecule has 0 atom stereocenters. The van der Waals surface area contributed by atoms with Crippen molar-refractivity contribution in [2.24, 2.45) is 0 Å². The third kappa shape index (κ3) is 2.52. The summed E-state index contributed by atoms with van der Waals surface area (Å²) in [5.41, 5.74) is 0.406. The summed E-state index contributed by atoms with van der Waals surface area (Å²) >= 11 is 0. The van der Waals surface area contributed by atoms with Crippen molar-refractivity contribution in [1.82, 2.24) is 0 Å². The molecule has 0 aliphatic heterocycles. The Labute approximate surface area is 86.9 Å². The van der Waals surface area contributed by atoms with Crippen LogP contribution in [0.5, 0.6) is 17.2 Å². The molecule has 0 radical (unpaired) electrons. The Morgan fingerprint density at radius 2 is 1.87 bits per heavy atom. The van der Waals surface area contributed by atoms with Crippen LogP contribution in [-0.2, 0) is 11.2 Å². The minimum absolute atomic E-state index is 0.102. The lowest BCUT2D eigenvalue weighted by molar-refractivity contribution is -0.136. The van der Waals surface area contributed by atoms with E-state index in [2.05, 4.69) is 0 Å². The second-order valence-corrected chi connectivity index (χ2v) is 2.91. The van der Waals surface area contributed by atoms with Crippen molar-refractivity contribution in [3.63, 3.8) is 0 Å². The van der Waals surface area contributed by atoms with E-state index in [1.807, 2.05) is 0 Å². The van der Waals surface area contributed by atoms with Crippen molar-refractivity contribution in [3.05, 3.63) is 17.7 Å². The number of ether oxygens (including phenoxy) is 2. The average Bonchev–Trinajstić information content (AvgIpc) is 2.17. The molecular weight excluding hydrogens is 200 g/mol. The highest BCUT2D eigenvalue weighted by atomic mass is 16.5. The Balaban J connectivity index is 3.15. The van der Waals surface area contributed by atoms with Crippen LogP contribution in [0.25, 0.3) is 0 Å². The van der Waals surface area contributed by atoms with Gasteiger partial charge in [0.1, 0.15) is 5.75 Å². The first-order valence-electron chi connectivity index (χ1n) is 4.24. The Bertz CT molecular complexity index is 372. The number of aromatic hydroxyl groups is 1. The number of hydrogen-bond acceptors (Lipinski definition) is 4. The molecule has 1 aromatic carbocycles. The second-order valence-electron chi connectivity index (χ2n) is 2.91. The lowest BCUT2D eigenvalue weighted by Crippen LogP contribution is -2.02. The number of carboxylic acid groups (broad SMARTS) is 1. The molecule has 0 aromatic heterocycles. The van der Waals surface area contributed by atoms with Crippen molar-refractivity contribution in [1.29, 1.82) is 0 Å². The summed E-state index contributed by atoms with van der Waals surface area (Å²) in [5.74, 6) is -0.458. The molecule has 5 nitrogen and oxygen atoms in total. The molecule has 0 saturated carbocycles. The number of hydrogen-bond donors (Lipinski definition) is 2. The fourth-order valence-electron chi connectivity index (χ4n) is 1.25. The van der Waals surface area contributed by atoms with Crippen LogP contribution in [-0.4, -0.2) is 30.4 Å². The van der Waals surface area contributed by atoms with Gasteiger partial charge in [0.2, 0.25) is 0 Å². The molecule has 0 bridgehead atoms. The van der Waals surface area contributed by atoms with E-state index in [9.17, 15) is 9.90 Å². The highest BCUT2D eigenvalue weighted by Gasteiger charge is 2.12. The van der Waals surface area contributed by atoms with Crippen LogP contribution in [0, 0.1) is 0 Å². The normalized spacial score (nSPS) is 9.73. The smallest absolute Gasteiger partial charge is 0.307 e. The van der Waals surface area contributed by atoms with Gasteiger partial charge in [-0.2, -0.15) is 0 Å². The van der Waals surface area contributed by atoms with Gasteiger partial charge in [-0.1, -0.05) is 0 Å². The fourth-order valence-corrected chi connectivity index (χ4v) is 1.25. The molecule has 0 fully saturated rings. The molecule has 1 rings (SSSR count). The summed E-state index contributed by atoms with van der Waals surface area (Å²) in [5, 5.41) is 18.1. The van der Waals surface area contributed by atoms with Crippen LogP contribution in [0.15, 0.2) is 12.1 Å². The zero-order valence-electron chi connectivity index (χ0n) is 8.48. The fraction of sp³-hybridized carbons (Fsp3) is 0.300. The monoisotopic (exact) mass is 212 g/mol. The number of phenolic OH excluding ortho intramolecular Hbond substituents is 1. The number of benzene rings is 1. The molecule has 0 aliphatic rings. The highest BCUT2D eigenvalue weighted by molar-refractivity contribution is 5.72. The van der Waals surface area contributed by atoms with Crippen molar-refractivity contribution < 1.29 is 24.5 Å². The molecule has 0 saturated heterocycles. The van der Waals surface area contributed by atoms with Gasteiger partial charge in [0.25, 0.3) is 0 Å². The molecule has 2 N–H and O–H groups in total. The van der Waals surface area contributed by atoms with Crippen LogP contribution in [0.2, 0.25) is 0 Å². The van der Waals surface area contributed by atoms with Gasteiger partial charge in [-0.25, -0.2) is 0 Å². The molecule has 0 heterocycles. The molecule has 0 aliphatic carbocycles. The molecule has 5 heteroatoms. The number of aliphatic carboxylic acids is 1. The molecule has 82 valence electrons. The molecule has 0 spiro atoms. The largest absolute Gasteiger partial charge is 0.504 e. The lowest BCUT2D eigenvalue weighted by Gasteiger charge is -2.10. The molecule has 0 unspecified atom stereocenters. The minimum Gasteiger partial charge on any atom is -0.504 e. The summed E-state index contributed by atoms with van der Waals surface area (Å²) in [6.45, 7) is 0. The Morgan fingerprint density at radius 3 is 2.33 bits per heavy atom. The number of rotatable bonds is 4. The van der Waals surface area contributed by atoms with Gasteiger partial charge in [-0.3, -0.25) is 4.79 Å². The summed E-state index contributed by atoms with van der Waals surface area (Å²) in [7, 11) is 2.84. The van der Waals surface area contributed by atoms with Crippen LogP contribution in [0.4, 0.5) is 0 Å². The van der Waals surface area contributed by atoms with Gasteiger partial charge < -0.3 is 19.7 Å². The molecule has 1 aromatic rings. The van der Waals surface area contributed by atoms with Crippen molar-refractivity contribution in [2.75, 3.05) is 14.2 Å². The van der Waals surface area contributed by atoms with Crippen LogP contribution < -0.4 is 9.47 Å². The maximum Gasteiger partial charge on any atom is 0.307 e. The Morgan fingerprint density at radius 1 is 1.27 bits per heavy atom. The topological polar surface area (TPSA) is 76.0 Å². The van der Waals surface area contributed by atoms with Gasteiger partial charge in [-0.05, 0) is 6.07 Å². The van der Waals surface area contributed by atoms with Crippen LogP contribution in [0.3, 0.4) is 0 Å². The van der Waals surface area contributed by atoms with E-state index in [-0.39, 0.29) is 17.9 Å². The molecule has 15 heavy (non-hydrogen) atoms. The number of carboxylic acids is 1. The van der Waals surface area contributed by atoms with Crippen molar-refractivity contribution in [2.45, 2.75) is 6.42 Å². The maximum atomic E-state index is 10.5. The zero-order chi connectivity index (χ0) is 11.4. The van der Waals surface area contributed by atoms with Crippen LogP contribution in [0.1, 0.15) is 5.56 Å². The van der Waals surface area contributed by atoms with E-state index in [1.54, 1.807) is 0 Å². The summed E-state index contributed by atoms with van der Waals surface area (Å²) in [6.07, 6.45) is -0.208. The van der Waals surface area contributed by atoms with Gasteiger partial charge in [-0.15, -0.1) is 0 Å². The predicted octanol–water partition coefficient (Wildman–Crippen LogP) is 1.04. The number of methoxy groups -OCH3 is 2. The summed E-state index contributed by atoms with van der Waals surface area (Å²) < 4.78 is 9.86. The van der Waals surface area contributed by atoms with Gasteiger partial charge >= 0.3 is 5.97 Å².